The van der Waals surface area contributed by atoms with E-state index >= 15 is 0 Å². The molecule has 1 heterocycles. The Morgan fingerprint density at radius 1 is 0.553 bits per heavy atom. The first kappa shape index (κ1) is 30.1. The Morgan fingerprint density at radius 3 is 1.64 bits per heavy atom. The van der Waals surface area contributed by atoms with Gasteiger partial charge in [0.2, 0.25) is 5.69 Å². The molecule has 2 fully saturated rings. The number of hydrogen-bond donors (Lipinski definition) is 0. The second kappa shape index (κ2) is 12.7. The maximum absolute atomic E-state index is 2.63. The largest absolute Gasteiger partial charge is 0.220 e. The van der Waals surface area contributed by atoms with Crippen LogP contribution in [0, 0.1) is 6.92 Å². The van der Waals surface area contributed by atoms with Crippen LogP contribution in [0.3, 0.4) is 0 Å². The highest BCUT2D eigenvalue weighted by molar-refractivity contribution is 7.20. The third-order valence-corrected chi connectivity index (χ3v) is 16.3. The second-order valence-electron chi connectivity index (χ2n) is 14.2. The van der Waals surface area contributed by atoms with Crippen molar-refractivity contribution < 1.29 is 4.57 Å². The van der Waals surface area contributed by atoms with Gasteiger partial charge in [-0.1, -0.05) is 135 Å². The smallest absolute Gasteiger partial charge is 0.200 e. The summed E-state index contributed by atoms with van der Waals surface area (Å²) in [5, 5.41) is 8.35. The summed E-state index contributed by atoms with van der Waals surface area (Å²) < 4.78 is 2.39. The topological polar surface area (TPSA) is 3.88 Å². The monoisotopic (exact) mass is 628 g/mol. The quantitative estimate of drug-likeness (QED) is 0.0951. The molecule has 6 aromatic rings. The molecule has 2 heteroatoms. The molecule has 0 spiro atoms. The lowest BCUT2D eigenvalue weighted by Gasteiger charge is -2.34. The van der Waals surface area contributed by atoms with Crippen molar-refractivity contribution in [2.24, 2.45) is 7.05 Å². The minimum atomic E-state index is -2.60. The predicted octanol–water partition coefficient (Wildman–Crippen LogP) is 8.33. The number of aryl methyl sites for hydroxylation is 1. The maximum atomic E-state index is 2.63. The molecule has 0 atom stereocenters. The van der Waals surface area contributed by atoms with Gasteiger partial charge in [0.15, 0.2) is 14.3 Å². The van der Waals surface area contributed by atoms with Crippen LogP contribution in [0.1, 0.15) is 79.9 Å². The number of rotatable bonds is 7. The molecule has 2 aliphatic rings. The van der Waals surface area contributed by atoms with Crippen molar-refractivity contribution in [3.8, 4) is 11.3 Å². The Labute approximate surface area is 282 Å². The molecule has 0 bridgehead atoms. The highest BCUT2D eigenvalue weighted by atomic mass is 28.3. The van der Waals surface area contributed by atoms with Gasteiger partial charge >= 0.3 is 0 Å². The van der Waals surface area contributed by atoms with Crippen LogP contribution < -0.4 is 25.3 Å². The van der Waals surface area contributed by atoms with Crippen LogP contribution in [0.15, 0.2) is 134 Å². The van der Waals surface area contributed by atoms with Gasteiger partial charge < -0.3 is 0 Å². The molecule has 0 unspecified atom stereocenters. The average Bonchev–Trinajstić information content (AvgIpc) is 3.87. The summed E-state index contributed by atoms with van der Waals surface area (Å²) in [6.07, 6.45) is 13.1. The van der Waals surface area contributed by atoms with E-state index in [0.29, 0.717) is 11.8 Å². The fourth-order valence-electron chi connectivity index (χ4n) is 9.17. The molecule has 0 amide bonds. The first-order valence-corrected chi connectivity index (χ1v) is 19.9. The maximum Gasteiger partial charge on any atom is 0.220 e. The molecule has 47 heavy (non-hydrogen) atoms. The van der Waals surface area contributed by atoms with Gasteiger partial charge in [0.05, 0.1) is 10.9 Å². The predicted molar refractivity (Wildman–Crippen MR) is 201 cm³/mol. The van der Waals surface area contributed by atoms with Gasteiger partial charge in [-0.15, -0.1) is 0 Å². The highest BCUT2D eigenvalue weighted by Crippen LogP contribution is 2.43. The van der Waals surface area contributed by atoms with E-state index in [1.165, 1.54) is 99.7 Å². The SMILES string of the molecule is Cc1c(-c2c3ccc([Si](c4ccccc4)(c4ccccc4)c4ccccc4)cc3cc[n+]2C)cc(C2CCCC2)cc1C1CCCC1. The summed E-state index contributed by atoms with van der Waals surface area (Å²) in [6.45, 7) is 2.41. The fraction of sp³-hybridized carbons (Fsp3) is 0.267. The van der Waals surface area contributed by atoms with Crippen molar-refractivity contribution >= 4 is 39.6 Å². The van der Waals surface area contributed by atoms with Crippen molar-refractivity contribution in [3.63, 3.8) is 0 Å². The lowest BCUT2D eigenvalue weighted by Crippen LogP contribution is -2.74. The van der Waals surface area contributed by atoms with E-state index in [4.69, 9.17) is 0 Å². The molecule has 0 N–H and O–H groups in total. The first-order valence-electron chi connectivity index (χ1n) is 17.9. The van der Waals surface area contributed by atoms with Crippen LogP contribution in [0.4, 0.5) is 0 Å². The van der Waals surface area contributed by atoms with Gasteiger partial charge in [-0.3, -0.25) is 0 Å². The number of fused-ring (bicyclic) bond motifs is 1. The molecule has 5 aromatic carbocycles. The van der Waals surface area contributed by atoms with Crippen LogP contribution in [0.5, 0.6) is 0 Å². The Morgan fingerprint density at radius 2 is 1.09 bits per heavy atom. The van der Waals surface area contributed by atoms with E-state index < -0.39 is 8.07 Å². The van der Waals surface area contributed by atoms with Crippen molar-refractivity contribution in [1.82, 2.24) is 0 Å². The van der Waals surface area contributed by atoms with Gasteiger partial charge in [-0.05, 0) is 99.4 Å². The molecular formula is C45H46NSi+. The molecule has 2 aliphatic carbocycles. The van der Waals surface area contributed by atoms with E-state index in [9.17, 15) is 0 Å². The van der Waals surface area contributed by atoms with Crippen LogP contribution in [-0.2, 0) is 7.05 Å². The average molecular weight is 629 g/mol. The van der Waals surface area contributed by atoms with Crippen LogP contribution >= 0.6 is 0 Å². The van der Waals surface area contributed by atoms with E-state index in [1.807, 2.05) is 0 Å². The second-order valence-corrected chi connectivity index (χ2v) is 18.0. The van der Waals surface area contributed by atoms with Gasteiger partial charge in [0, 0.05) is 6.07 Å². The Balaban J connectivity index is 1.37. The molecule has 2 saturated carbocycles. The molecule has 1 nitrogen and oxygen atoms in total. The Hall–Kier alpha value is -4.27. The van der Waals surface area contributed by atoms with Crippen molar-refractivity contribution in [3.05, 3.63) is 150 Å². The molecule has 234 valence electrons. The summed E-state index contributed by atoms with van der Waals surface area (Å²) in [7, 11) is -0.352. The van der Waals surface area contributed by atoms with Gasteiger partial charge in [0.25, 0.3) is 0 Å². The minimum absolute atomic E-state index is 0.704. The van der Waals surface area contributed by atoms with Gasteiger partial charge in [-0.25, -0.2) is 4.57 Å². The van der Waals surface area contributed by atoms with E-state index in [1.54, 1.807) is 11.1 Å². The van der Waals surface area contributed by atoms with Crippen molar-refractivity contribution in [2.45, 2.75) is 70.1 Å². The normalized spacial score (nSPS) is 15.9. The molecule has 0 saturated heterocycles. The minimum Gasteiger partial charge on any atom is -0.200 e. The van der Waals surface area contributed by atoms with Crippen LogP contribution in [0.2, 0.25) is 0 Å². The summed E-state index contributed by atoms with van der Waals surface area (Å²) >= 11 is 0. The fourth-order valence-corrected chi connectivity index (χ4v) is 13.9. The van der Waals surface area contributed by atoms with Crippen molar-refractivity contribution in [2.75, 3.05) is 0 Å². The van der Waals surface area contributed by atoms with E-state index in [0.717, 1.165) is 0 Å². The standard InChI is InChI=1S/C45H46NSi/c1-33-43(35-18-14-15-19-35)31-37(34-16-12-13-17-34)32-44(33)45-42-27-26-41(30-36(42)28-29-46(45)2)47(38-20-6-3-7-21-38,39-22-8-4-9-23-39)40-24-10-5-11-25-40/h3-11,20-32,34-35H,12-19H2,1-2H3/q+1. The van der Waals surface area contributed by atoms with Gasteiger partial charge in [-0.2, -0.15) is 0 Å². The Kier molecular flexibility index (Phi) is 8.15. The summed E-state index contributed by atoms with van der Waals surface area (Å²) in [4.78, 5) is 0. The lowest BCUT2D eigenvalue weighted by molar-refractivity contribution is -0.659. The highest BCUT2D eigenvalue weighted by Gasteiger charge is 2.41. The van der Waals surface area contributed by atoms with Crippen LogP contribution in [0.25, 0.3) is 22.0 Å². The van der Waals surface area contributed by atoms with E-state index in [2.05, 4.69) is 152 Å². The number of aromatic nitrogens is 1. The van der Waals surface area contributed by atoms with Crippen molar-refractivity contribution in [1.29, 1.82) is 0 Å². The zero-order chi connectivity index (χ0) is 31.8. The summed E-state index contributed by atoms with van der Waals surface area (Å²) in [6, 6.07) is 48.9. The zero-order valence-electron chi connectivity index (χ0n) is 28.0. The molecule has 1 aromatic heterocycles. The molecular weight excluding hydrogens is 583 g/mol. The number of pyridine rings is 1. The van der Waals surface area contributed by atoms with Gasteiger partial charge in [0.1, 0.15) is 7.05 Å². The zero-order valence-corrected chi connectivity index (χ0v) is 29.0. The number of nitrogens with zero attached hydrogens (tertiary/aromatic N) is 1. The lowest BCUT2D eigenvalue weighted by atomic mass is 9.84. The summed E-state index contributed by atoms with van der Waals surface area (Å²) in [5.41, 5.74) is 7.50. The molecule has 0 radical (unpaired) electrons. The third kappa shape index (κ3) is 5.28. The number of benzene rings is 5. The first-order chi connectivity index (χ1) is 23.1. The van der Waals surface area contributed by atoms with E-state index in [-0.39, 0.29) is 0 Å². The Bertz CT molecular complexity index is 1910. The summed E-state index contributed by atoms with van der Waals surface area (Å²) in [5.74, 6) is 1.41. The number of hydrogen-bond acceptors (Lipinski definition) is 0. The molecule has 0 aliphatic heterocycles. The third-order valence-electron chi connectivity index (χ3n) is 11.5. The van der Waals surface area contributed by atoms with Crippen LogP contribution in [-0.4, -0.2) is 8.07 Å². The molecule has 8 rings (SSSR count).